The van der Waals surface area contributed by atoms with Crippen LogP contribution >= 0.6 is 35.4 Å². The van der Waals surface area contributed by atoms with Crippen molar-refractivity contribution < 1.29 is 4.79 Å². The molecule has 0 aliphatic heterocycles. The molecule has 1 amide bonds. The molecule has 0 spiro atoms. The lowest BCUT2D eigenvalue weighted by Gasteiger charge is -2.24. The molecule has 2 rings (SSSR count). The molecule has 26 heavy (non-hydrogen) atoms. The second-order valence-corrected chi connectivity index (χ2v) is 7.09. The Kier molecular flexibility index (Phi) is 7.26. The number of aryl methyl sites for hydroxylation is 1. The summed E-state index contributed by atoms with van der Waals surface area (Å²) in [5, 5.41) is 7.75. The third-order valence-electron chi connectivity index (χ3n) is 3.99. The number of hydrogen-bond acceptors (Lipinski definition) is 2. The Morgan fingerprint density at radius 3 is 2.54 bits per heavy atom. The van der Waals surface area contributed by atoms with Crippen molar-refractivity contribution in [2.45, 2.75) is 20.8 Å². The first-order chi connectivity index (χ1) is 12.3. The monoisotopic (exact) mass is 409 g/mol. The molecule has 0 fully saturated rings. The number of rotatable bonds is 5. The van der Waals surface area contributed by atoms with Crippen LogP contribution in [0.2, 0.25) is 10.0 Å². The van der Waals surface area contributed by atoms with Gasteiger partial charge in [-0.2, -0.15) is 0 Å². The normalized spacial score (nSPS) is 10.3. The lowest BCUT2D eigenvalue weighted by Crippen LogP contribution is -2.40. The predicted octanol–water partition coefficient (Wildman–Crippen LogP) is 5.27. The number of halogens is 2. The van der Waals surface area contributed by atoms with Crippen LogP contribution < -0.4 is 10.6 Å². The third-order valence-corrected chi connectivity index (χ3v) is 4.99. The van der Waals surface area contributed by atoms with Crippen molar-refractivity contribution in [2.24, 2.45) is 0 Å². The van der Waals surface area contributed by atoms with Gasteiger partial charge in [0.1, 0.15) is 0 Å². The molecule has 2 aromatic rings. The fraction of sp³-hybridized carbons (Fsp3) is 0.263. The summed E-state index contributed by atoms with van der Waals surface area (Å²) >= 11 is 17.6. The molecule has 0 aliphatic rings. The fourth-order valence-corrected chi connectivity index (χ4v) is 3.01. The van der Waals surface area contributed by atoms with E-state index in [1.807, 2.05) is 45.0 Å². The highest BCUT2D eigenvalue weighted by Crippen LogP contribution is 2.23. The minimum Gasteiger partial charge on any atom is -0.340 e. The number of likely N-dealkylation sites (N-methyl/N-ethyl adjacent to an activating group) is 1. The number of amides is 1. The Morgan fingerprint density at radius 2 is 1.85 bits per heavy atom. The van der Waals surface area contributed by atoms with E-state index in [0.29, 0.717) is 27.4 Å². The van der Waals surface area contributed by atoms with Crippen LogP contribution in [0.3, 0.4) is 0 Å². The zero-order valence-electron chi connectivity index (χ0n) is 14.9. The minimum absolute atomic E-state index is 0.133. The number of nitrogens with one attached hydrogen (secondary N) is 2. The Hall–Kier alpha value is -1.82. The molecule has 0 bridgehead atoms. The highest BCUT2D eigenvalue weighted by atomic mass is 35.5. The molecule has 0 atom stereocenters. The molecular weight excluding hydrogens is 389 g/mol. The second kappa shape index (κ2) is 9.21. The van der Waals surface area contributed by atoms with Crippen LogP contribution in [0.5, 0.6) is 0 Å². The molecule has 7 heteroatoms. The maximum atomic E-state index is 12.4. The van der Waals surface area contributed by atoms with Crippen molar-refractivity contribution in [3.8, 4) is 0 Å². The predicted molar refractivity (Wildman–Crippen MR) is 114 cm³/mol. The standard InChI is InChI=1S/C19H21Cl2N3OS/c1-4-24(19(26)23-16-7-5-6-15(21)13(16)3)11-18(25)22-17-10-14(20)9-8-12(17)2/h5-10H,4,11H2,1-3H3,(H,22,25)(H,23,26). The zero-order valence-corrected chi connectivity index (χ0v) is 17.2. The molecule has 0 radical (unpaired) electrons. The Bertz CT molecular complexity index is 826. The summed E-state index contributed by atoms with van der Waals surface area (Å²) in [6, 6.07) is 11.0. The highest BCUT2D eigenvalue weighted by molar-refractivity contribution is 7.80. The van der Waals surface area contributed by atoms with Crippen molar-refractivity contribution >= 4 is 57.8 Å². The maximum absolute atomic E-state index is 12.4. The van der Waals surface area contributed by atoms with E-state index < -0.39 is 0 Å². The minimum atomic E-state index is -0.163. The summed E-state index contributed by atoms with van der Waals surface area (Å²) in [5.41, 5.74) is 3.38. The first kappa shape index (κ1) is 20.5. The number of carbonyl (C=O) groups is 1. The number of benzene rings is 2. The molecule has 0 heterocycles. The van der Waals surface area contributed by atoms with E-state index in [0.717, 1.165) is 16.8 Å². The molecule has 0 aliphatic carbocycles. The molecule has 0 unspecified atom stereocenters. The number of nitrogens with zero attached hydrogens (tertiary/aromatic N) is 1. The Morgan fingerprint density at radius 1 is 1.12 bits per heavy atom. The summed E-state index contributed by atoms with van der Waals surface area (Å²) in [7, 11) is 0. The fourth-order valence-electron chi connectivity index (χ4n) is 2.36. The number of anilines is 2. The van der Waals surface area contributed by atoms with E-state index in [9.17, 15) is 4.79 Å². The van der Waals surface area contributed by atoms with Gasteiger partial charge in [-0.25, -0.2) is 0 Å². The van der Waals surface area contributed by atoms with Crippen LogP contribution in [0.1, 0.15) is 18.1 Å². The Labute approximate surface area is 169 Å². The molecule has 0 aromatic heterocycles. The number of thiocarbonyl (C=S) groups is 1. The lowest BCUT2D eigenvalue weighted by atomic mass is 10.2. The van der Waals surface area contributed by atoms with Crippen LogP contribution in [0, 0.1) is 13.8 Å². The van der Waals surface area contributed by atoms with Gasteiger partial charge in [-0.3, -0.25) is 4.79 Å². The molecule has 0 saturated carbocycles. The molecule has 2 aromatic carbocycles. The average Bonchev–Trinajstić information content (AvgIpc) is 2.60. The summed E-state index contributed by atoms with van der Waals surface area (Å²) in [4.78, 5) is 14.2. The van der Waals surface area contributed by atoms with Crippen molar-refractivity contribution in [1.29, 1.82) is 0 Å². The van der Waals surface area contributed by atoms with Crippen molar-refractivity contribution in [3.63, 3.8) is 0 Å². The molecular formula is C19H21Cl2N3OS. The average molecular weight is 410 g/mol. The van der Waals surface area contributed by atoms with E-state index in [1.54, 1.807) is 17.0 Å². The first-order valence-corrected chi connectivity index (χ1v) is 9.35. The molecule has 0 saturated heterocycles. The lowest BCUT2D eigenvalue weighted by molar-refractivity contribution is -0.116. The van der Waals surface area contributed by atoms with Gasteiger partial charge in [0.2, 0.25) is 5.91 Å². The van der Waals surface area contributed by atoms with Gasteiger partial charge >= 0.3 is 0 Å². The van der Waals surface area contributed by atoms with E-state index in [2.05, 4.69) is 10.6 Å². The number of carbonyl (C=O) groups excluding carboxylic acids is 1. The van der Waals surface area contributed by atoms with E-state index in [-0.39, 0.29) is 12.5 Å². The third kappa shape index (κ3) is 5.34. The SMILES string of the molecule is CCN(CC(=O)Nc1cc(Cl)ccc1C)C(=S)Nc1cccc(Cl)c1C. The maximum Gasteiger partial charge on any atom is 0.243 e. The number of hydrogen-bond donors (Lipinski definition) is 2. The quantitative estimate of drug-likeness (QED) is 0.660. The largest absolute Gasteiger partial charge is 0.340 e. The first-order valence-electron chi connectivity index (χ1n) is 8.18. The van der Waals surface area contributed by atoms with Gasteiger partial charge in [0.25, 0.3) is 0 Å². The summed E-state index contributed by atoms with van der Waals surface area (Å²) in [6.45, 7) is 6.49. The smallest absolute Gasteiger partial charge is 0.243 e. The van der Waals surface area contributed by atoms with Crippen LogP contribution in [-0.2, 0) is 4.79 Å². The highest BCUT2D eigenvalue weighted by Gasteiger charge is 2.15. The Balaban J connectivity index is 2.03. The molecule has 138 valence electrons. The van der Waals surface area contributed by atoms with Gasteiger partial charge in [-0.05, 0) is 68.4 Å². The van der Waals surface area contributed by atoms with Crippen molar-refractivity contribution in [1.82, 2.24) is 4.90 Å². The van der Waals surface area contributed by atoms with Gasteiger partial charge in [0.15, 0.2) is 5.11 Å². The van der Waals surface area contributed by atoms with Gasteiger partial charge in [-0.1, -0.05) is 35.3 Å². The van der Waals surface area contributed by atoms with Crippen molar-refractivity contribution in [3.05, 3.63) is 57.6 Å². The summed E-state index contributed by atoms with van der Waals surface area (Å²) < 4.78 is 0. The van der Waals surface area contributed by atoms with E-state index >= 15 is 0 Å². The van der Waals surface area contributed by atoms with Crippen LogP contribution in [-0.4, -0.2) is 29.0 Å². The topological polar surface area (TPSA) is 44.4 Å². The van der Waals surface area contributed by atoms with E-state index in [4.69, 9.17) is 35.4 Å². The van der Waals surface area contributed by atoms with Crippen molar-refractivity contribution in [2.75, 3.05) is 23.7 Å². The summed E-state index contributed by atoms with van der Waals surface area (Å²) in [5.74, 6) is -0.163. The van der Waals surface area contributed by atoms with Gasteiger partial charge in [0, 0.05) is 28.0 Å². The van der Waals surface area contributed by atoms with Gasteiger partial charge in [0.05, 0.1) is 6.54 Å². The van der Waals surface area contributed by atoms with Crippen LogP contribution in [0.25, 0.3) is 0 Å². The van der Waals surface area contributed by atoms with Crippen LogP contribution in [0.4, 0.5) is 11.4 Å². The van der Waals surface area contributed by atoms with E-state index in [1.165, 1.54) is 0 Å². The van der Waals surface area contributed by atoms with Gasteiger partial charge < -0.3 is 15.5 Å². The van der Waals surface area contributed by atoms with Crippen LogP contribution in [0.15, 0.2) is 36.4 Å². The second-order valence-electron chi connectivity index (χ2n) is 5.86. The zero-order chi connectivity index (χ0) is 19.3. The molecule has 4 nitrogen and oxygen atoms in total. The molecule has 2 N–H and O–H groups in total. The summed E-state index contributed by atoms with van der Waals surface area (Å²) in [6.07, 6.45) is 0. The van der Waals surface area contributed by atoms with Gasteiger partial charge in [-0.15, -0.1) is 0 Å².